The molecule has 100 valence electrons. The van der Waals surface area contributed by atoms with Gasteiger partial charge in [-0.25, -0.2) is 4.98 Å². The lowest BCUT2D eigenvalue weighted by Crippen LogP contribution is -2.09. The van der Waals surface area contributed by atoms with Crippen LogP contribution in [-0.2, 0) is 19.9 Å². The fourth-order valence-corrected chi connectivity index (χ4v) is 2.76. The minimum atomic E-state index is -0.660. The molecule has 0 saturated carbocycles. The third-order valence-corrected chi connectivity index (χ3v) is 3.61. The summed E-state index contributed by atoms with van der Waals surface area (Å²) in [5, 5.41) is 11.0. The number of aromatic nitrogens is 2. The van der Waals surface area contributed by atoms with Gasteiger partial charge in [0.15, 0.2) is 0 Å². The fraction of sp³-hybridized carbons (Fsp3) is 0.357. The van der Waals surface area contributed by atoms with Crippen LogP contribution in [0.1, 0.15) is 23.1 Å². The van der Waals surface area contributed by atoms with Crippen LogP contribution in [-0.4, -0.2) is 21.3 Å². The van der Waals surface area contributed by atoms with Crippen LogP contribution in [0.5, 0.6) is 5.75 Å². The average molecular weight is 279 g/mol. The Kier molecular flexibility index (Phi) is 3.21. The summed E-state index contributed by atoms with van der Waals surface area (Å²) in [5.41, 5.74) is 2.06. The predicted molar refractivity (Wildman–Crippen MR) is 72.5 cm³/mol. The Morgan fingerprint density at radius 3 is 3.11 bits per heavy atom. The summed E-state index contributed by atoms with van der Waals surface area (Å²) in [6.07, 6.45) is 4.16. The first-order valence-electron chi connectivity index (χ1n) is 6.24. The zero-order chi connectivity index (χ0) is 13.4. The van der Waals surface area contributed by atoms with Gasteiger partial charge in [0, 0.05) is 37.3 Å². The molecule has 0 radical (unpaired) electrons. The van der Waals surface area contributed by atoms with E-state index in [4.69, 9.17) is 16.3 Å². The summed E-state index contributed by atoms with van der Waals surface area (Å²) in [6.45, 7) is 0.682. The van der Waals surface area contributed by atoms with Crippen molar-refractivity contribution in [3.63, 3.8) is 0 Å². The van der Waals surface area contributed by atoms with E-state index < -0.39 is 6.10 Å². The molecule has 0 spiro atoms. The molecular weight excluding hydrogens is 264 g/mol. The zero-order valence-electron chi connectivity index (χ0n) is 10.6. The largest absolute Gasteiger partial charge is 0.493 e. The first-order chi connectivity index (χ1) is 9.15. The van der Waals surface area contributed by atoms with Gasteiger partial charge >= 0.3 is 0 Å². The van der Waals surface area contributed by atoms with Gasteiger partial charge in [-0.05, 0) is 23.3 Å². The molecular formula is C14H15ClN2O2. The van der Waals surface area contributed by atoms with E-state index in [1.165, 1.54) is 0 Å². The molecule has 0 bridgehead atoms. The molecule has 1 unspecified atom stereocenters. The van der Waals surface area contributed by atoms with Crippen LogP contribution in [0.25, 0.3) is 0 Å². The number of nitrogens with zero attached hydrogens (tertiary/aromatic N) is 2. The van der Waals surface area contributed by atoms with Crippen LogP contribution in [0.2, 0.25) is 5.02 Å². The highest BCUT2D eigenvalue weighted by Crippen LogP contribution is 2.35. The number of rotatable bonds is 3. The van der Waals surface area contributed by atoms with Crippen LogP contribution in [0.3, 0.4) is 0 Å². The van der Waals surface area contributed by atoms with Crippen molar-refractivity contribution in [2.45, 2.75) is 18.9 Å². The highest BCUT2D eigenvalue weighted by atomic mass is 35.5. The van der Waals surface area contributed by atoms with Crippen LogP contribution < -0.4 is 4.74 Å². The first-order valence-corrected chi connectivity index (χ1v) is 6.62. The van der Waals surface area contributed by atoms with Crippen molar-refractivity contribution in [3.05, 3.63) is 46.5 Å². The number of aryl methyl sites for hydroxylation is 1. The summed E-state index contributed by atoms with van der Waals surface area (Å²) in [5.74, 6) is 1.52. The van der Waals surface area contributed by atoms with Crippen molar-refractivity contribution in [1.29, 1.82) is 0 Å². The third kappa shape index (κ3) is 2.33. The summed E-state index contributed by atoms with van der Waals surface area (Å²) < 4.78 is 7.45. The maximum absolute atomic E-state index is 10.3. The zero-order valence-corrected chi connectivity index (χ0v) is 11.4. The van der Waals surface area contributed by atoms with Crippen LogP contribution >= 0.6 is 11.6 Å². The number of aliphatic hydroxyl groups excluding tert-OH is 1. The molecule has 1 aliphatic rings. The second-order valence-corrected chi connectivity index (χ2v) is 5.20. The Balaban J connectivity index is 1.90. The molecule has 2 heterocycles. The number of imidazole rings is 1. The molecule has 4 nitrogen and oxygen atoms in total. The van der Waals surface area contributed by atoms with E-state index in [0.717, 1.165) is 23.3 Å². The Morgan fingerprint density at radius 2 is 2.37 bits per heavy atom. The molecule has 1 aromatic heterocycles. The molecule has 5 heteroatoms. The van der Waals surface area contributed by atoms with Crippen molar-refractivity contribution in [1.82, 2.24) is 9.55 Å². The average Bonchev–Trinajstić information content (AvgIpc) is 2.97. The smallest absolute Gasteiger partial charge is 0.137 e. The van der Waals surface area contributed by atoms with E-state index in [2.05, 4.69) is 4.98 Å². The Hall–Kier alpha value is -1.52. The lowest BCUT2D eigenvalue weighted by molar-refractivity contribution is 0.164. The predicted octanol–water partition coefficient (Wildman–Crippen LogP) is 2.28. The van der Waals surface area contributed by atoms with E-state index in [0.29, 0.717) is 23.9 Å². The second kappa shape index (κ2) is 4.87. The summed E-state index contributed by atoms with van der Waals surface area (Å²) >= 11 is 6.11. The van der Waals surface area contributed by atoms with Gasteiger partial charge in [-0.2, -0.15) is 0 Å². The molecule has 0 amide bonds. The normalized spacial score (nSPS) is 15.1. The number of hydrogen-bond donors (Lipinski definition) is 1. The number of halogens is 1. The van der Waals surface area contributed by atoms with Crippen molar-refractivity contribution < 1.29 is 9.84 Å². The van der Waals surface area contributed by atoms with Crippen LogP contribution in [0, 0.1) is 0 Å². The van der Waals surface area contributed by atoms with E-state index >= 15 is 0 Å². The molecule has 0 aliphatic carbocycles. The SMILES string of the molecule is Cn1ccnc1C(O)Cc1cc(Cl)cc2c1OCC2. The number of aliphatic hydroxyl groups is 1. The van der Waals surface area contributed by atoms with Crippen molar-refractivity contribution in [3.8, 4) is 5.75 Å². The van der Waals surface area contributed by atoms with Gasteiger partial charge in [0.1, 0.15) is 17.7 Å². The van der Waals surface area contributed by atoms with Crippen molar-refractivity contribution >= 4 is 11.6 Å². The molecule has 1 atom stereocenters. The van der Waals surface area contributed by atoms with E-state index in [9.17, 15) is 5.11 Å². The van der Waals surface area contributed by atoms with E-state index in [-0.39, 0.29) is 0 Å². The third-order valence-electron chi connectivity index (χ3n) is 3.40. The molecule has 1 aliphatic heterocycles. The topological polar surface area (TPSA) is 47.3 Å². The lowest BCUT2D eigenvalue weighted by atomic mass is 10.0. The molecule has 0 fully saturated rings. The Labute approximate surface area is 116 Å². The van der Waals surface area contributed by atoms with Gasteiger partial charge in [0.2, 0.25) is 0 Å². The van der Waals surface area contributed by atoms with Gasteiger partial charge in [-0.15, -0.1) is 0 Å². The van der Waals surface area contributed by atoms with Crippen molar-refractivity contribution in [2.75, 3.05) is 6.61 Å². The van der Waals surface area contributed by atoms with Crippen LogP contribution in [0.4, 0.5) is 0 Å². The Morgan fingerprint density at radius 1 is 1.53 bits per heavy atom. The molecule has 1 aromatic carbocycles. The number of hydrogen-bond acceptors (Lipinski definition) is 3. The molecule has 1 N–H and O–H groups in total. The summed E-state index contributed by atoms with van der Waals surface area (Å²) in [6, 6.07) is 3.79. The highest BCUT2D eigenvalue weighted by Gasteiger charge is 2.21. The first kappa shape index (κ1) is 12.5. The highest BCUT2D eigenvalue weighted by molar-refractivity contribution is 6.30. The fourth-order valence-electron chi connectivity index (χ4n) is 2.50. The number of benzene rings is 1. The van der Waals surface area contributed by atoms with E-state index in [1.807, 2.05) is 29.9 Å². The molecule has 3 rings (SSSR count). The molecule has 0 saturated heterocycles. The Bertz CT molecular complexity index is 609. The van der Waals surface area contributed by atoms with Gasteiger partial charge in [-0.3, -0.25) is 0 Å². The molecule has 2 aromatic rings. The van der Waals surface area contributed by atoms with Gasteiger partial charge in [-0.1, -0.05) is 11.6 Å². The quantitative estimate of drug-likeness (QED) is 0.937. The summed E-state index contributed by atoms with van der Waals surface area (Å²) in [4.78, 5) is 4.17. The molecule has 19 heavy (non-hydrogen) atoms. The minimum Gasteiger partial charge on any atom is -0.493 e. The van der Waals surface area contributed by atoms with Gasteiger partial charge in [0.05, 0.1) is 6.61 Å². The standard InChI is InChI=1S/C14H15ClN2O2/c1-17-4-3-16-14(17)12(18)8-10-7-11(15)6-9-2-5-19-13(9)10/h3-4,6-7,12,18H,2,5,8H2,1H3. The maximum atomic E-state index is 10.3. The number of ether oxygens (including phenoxy) is 1. The monoisotopic (exact) mass is 278 g/mol. The second-order valence-electron chi connectivity index (χ2n) is 4.77. The maximum Gasteiger partial charge on any atom is 0.137 e. The van der Waals surface area contributed by atoms with Gasteiger partial charge in [0.25, 0.3) is 0 Å². The lowest BCUT2D eigenvalue weighted by Gasteiger charge is -2.13. The van der Waals surface area contributed by atoms with E-state index in [1.54, 1.807) is 6.20 Å². The van der Waals surface area contributed by atoms with Gasteiger partial charge < -0.3 is 14.4 Å². The number of fused-ring (bicyclic) bond motifs is 1. The minimum absolute atomic E-state index is 0.452. The van der Waals surface area contributed by atoms with Crippen LogP contribution in [0.15, 0.2) is 24.5 Å². The van der Waals surface area contributed by atoms with Crippen molar-refractivity contribution in [2.24, 2.45) is 7.05 Å². The summed E-state index contributed by atoms with van der Waals surface area (Å²) in [7, 11) is 1.87.